The highest BCUT2D eigenvalue weighted by molar-refractivity contribution is 6.37. The van der Waals surface area contributed by atoms with Crippen LogP contribution in [0.4, 0.5) is 5.69 Å². The topological polar surface area (TPSA) is 102 Å². The van der Waals surface area contributed by atoms with E-state index in [0.717, 1.165) is 17.1 Å². The van der Waals surface area contributed by atoms with Gasteiger partial charge in [-0.3, -0.25) is 9.59 Å². The lowest BCUT2D eigenvalue weighted by atomic mass is 10.2. The monoisotopic (exact) mass is 403 g/mol. The quantitative estimate of drug-likeness (QED) is 0.278. The Kier molecular flexibility index (Phi) is 5.25. The molecule has 0 saturated heterocycles. The molecule has 0 radical (unpaired) electrons. The summed E-state index contributed by atoms with van der Waals surface area (Å²) in [5, 5.41) is 4.25. The van der Waals surface area contributed by atoms with Gasteiger partial charge in [-0.05, 0) is 36.4 Å². The summed E-state index contributed by atoms with van der Waals surface area (Å²) in [6.07, 6.45) is 2.29. The molecule has 0 fully saturated rings. The van der Waals surface area contributed by atoms with Gasteiger partial charge < -0.3 is 10.6 Å². The number of benzene rings is 2. The minimum Gasteiger partial charge on any atom is -0.380 e. The van der Waals surface area contributed by atoms with E-state index in [2.05, 4.69) is 5.16 Å². The van der Waals surface area contributed by atoms with Gasteiger partial charge in [0.05, 0.1) is 16.3 Å². The molecule has 7 nitrogen and oxygen atoms in total. The number of nitrogens with zero attached hydrogens (tertiary/aromatic N) is 2. The molecule has 1 heterocycles. The van der Waals surface area contributed by atoms with Crippen molar-refractivity contribution in [2.75, 3.05) is 4.90 Å². The van der Waals surface area contributed by atoms with Crippen molar-refractivity contribution in [2.24, 2.45) is 10.9 Å². The van der Waals surface area contributed by atoms with E-state index < -0.39 is 17.8 Å². The van der Waals surface area contributed by atoms with Crippen molar-refractivity contribution < 1.29 is 19.2 Å². The van der Waals surface area contributed by atoms with E-state index in [1.165, 1.54) is 36.4 Å². The number of nitrogens with two attached hydrogens (primary N) is 1. The second-order valence-electron chi connectivity index (χ2n) is 5.37. The summed E-state index contributed by atoms with van der Waals surface area (Å²) in [7, 11) is 0. The van der Waals surface area contributed by atoms with E-state index in [-0.39, 0.29) is 22.1 Å². The fraction of sp³-hybridized carbons (Fsp3) is 0. The van der Waals surface area contributed by atoms with Crippen LogP contribution in [-0.4, -0.2) is 23.6 Å². The van der Waals surface area contributed by atoms with E-state index in [1.807, 2.05) is 0 Å². The molecule has 27 heavy (non-hydrogen) atoms. The first-order valence-corrected chi connectivity index (χ1v) is 8.29. The average molecular weight is 404 g/mol. The molecule has 2 aromatic carbocycles. The number of rotatable bonds is 4. The molecule has 0 aliphatic carbocycles. The molecule has 9 heteroatoms. The van der Waals surface area contributed by atoms with Gasteiger partial charge >= 0.3 is 5.97 Å². The van der Waals surface area contributed by atoms with Crippen LogP contribution in [0, 0.1) is 0 Å². The van der Waals surface area contributed by atoms with E-state index >= 15 is 0 Å². The largest absolute Gasteiger partial charge is 0.380 e. The third kappa shape index (κ3) is 3.99. The van der Waals surface area contributed by atoms with E-state index in [4.69, 9.17) is 33.8 Å². The van der Waals surface area contributed by atoms with E-state index in [1.54, 1.807) is 6.07 Å². The Morgan fingerprint density at radius 3 is 2.41 bits per heavy atom. The highest BCUT2D eigenvalue weighted by Gasteiger charge is 2.25. The second kappa shape index (κ2) is 7.61. The summed E-state index contributed by atoms with van der Waals surface area (Å²) in [6.45, 7) is 0. The highest BCUT2D eigenvalue weighted by atomic mass is 35.5. The summed E-state index contributed by atoms with van der Waals surface area (Å²) in [4.78, 5) is 41.4. The number of anilines is 1. The maximum atomic E-state index is 12.2. The van der Waals surface area contributed by atoms with Crippen LogP contribution in [0.15, 0.2) is 59.8 Å². The molecule has 1 aliphatic rings. The van der Waals surface area contributed by atoms with Crippen LogP contribution in [-0.2, 0) is 14.4 Å². The second-order valence-corrected chi connectivity index (χ2v) is 6.22. The minimum atomic E-state index is -0.822. The number of carbonyl (C=O) groups excluding carboxylic acids is 3. The van der Waals surface area contributed by atoms with Gasteiger partial charge in [0.15, 0.2) is 5.84 Å². The van der Waals surface area contributed by atoms with Gasteiger partial charge in [-0.1, -0.05) is 34.4 Å². The lowest BCUT2D eigenvalue weighted by Crippen LogP contribution is -2.29. The zero-order valence-electron chi connectivity index (χ0n) is 13.6. The van der Waals surface area contributed by atoms with Crippen molar-refractivity contribution in [1.29, 1.82) is 0 Å². The first-order valence-electron chi connectivity index (χ1n) is 7.53. The maximum absolute atomic E-state index is 12.2. The molecular weight excluding hydrogens is 393 g/mol. The van der Waals surface area contributed by atoms with Crippen LogP contribution in [0.5, 0.6) is 0 Å². The molecule has 0 spiro atoms. The number of imide groups is 1. The third-order valence-electron chi connectivity index (χ3n) is 3.58. The molecule has 0 saturated carbocycles. The van der Waals surface area contributed by atoms with Crippen molar-refractivity contribution in [3.63, 3.8) is 0 Å². The average Bonchev–Trinajstić information content (AvgIpc) is 2.98. The molecule has 0 unspecified atom stereocenters. The zero-order valence-corrected chi connectivity index (χ0v) is 15.1. The fourth-order valence-corrected chi connectivity index (χ4v) is 2.82. The van der Waals surface area contributed by atoms with Crippen LogP contribution >= 0.6 is 23.2 Å². The Labute approximate surface area is 163 Å². The van der Waals surface area contributed by atoms with Crippen molar-refractivity contribution in [3.8, 4) is 0 Å². The van der Waals surface area contributed by atoms with Gasteiger partial charge in [0.25, 0.3) is 11.8 Å². The van der Waals surface area contributed by atoms with Crippen LogP contribution in [0.1, 0.15) is 15.9 Å². The zero-order chi connectivity index (χ0) is 19.6. The lowest BCUT2D eigenvalue weighted by Gasteiger charge is -2.14. The Morgan fingerprint density at radius 2 is 1.74 bits per heavy atom. The van der Waals surface area contributed by atoms with Crippen molar-refractivity contribution in [2.45, 2.75) is 0 Å². The standard InChI is InChI=1S/C18H11Cl2N3O4/c19-11-4-5-13(14(20)9-11)17(21)22-27-18(26)10-2-1-3-12(8-10)23-15(24)6-7-16(23)25/h1-9H,(H2,21,22). The molecule has 0 bridgehead atoms. The number of hydrogen-bond donors (Lipinski definition) is 1. The van der Waals surface area contributed by atoms with Crippen molar-refractivity contribution in [3.05, 3.63) is 75.8 Å². The molecule has 0 atom stereocenters. The van der Waals surface area contributed by atoms with Gasteiger partial charge in [-0.25, -0.2) is 9.69 Å². The van der Waals surface area contributed by atoms with Crippen LogP contribution in [0.25, 0.3) is 0 Å². The summed E-state index contributed by atoms with van der Waals surface area (Å²) in [6, 6.07) is 10.4. The Balaban J connectivity index is 1.77. The summed E-state index contributed by atoms with van der Waals surface area (Å²) >= 11 is 11.8. The molecular formula is C18H11Cl2N3O4. The molecule has 3 rings (SSSR count). The predicted molar refractivity (Wildman–Crippen MR) is 101 cm³/mol. The number of oxime groups is 1. The van der Waals surface area contributed by atoms with Crippen molar-refractivity contribution >= 4 is 52.5 Å². The highest BCUT2D eigenvalue weighted by Crippen LogP contribution is 2.22. The first-order chi connectivity index (χ1) is 12.9. The van der Waals surface area contributed by atoms with Gasteiger partial charge in [0.1, 0.15) is 0 Å². The van der Waals surface area contributed by atoms with Gasteiger partial charge in [-0.2, -0.15) is 0 Å². The van der Waals surface area contributed by atoms with E-state index in [0.29, 0.717) is 10.6 Å². The number of hydrogen-bond acceptors (Lipinski definition) is 5. The molecule has 2 aromatic rings. The Morgan fingerprint density at radius 1 is 1.04 bits per heavy atom. The minimum absolute atomic E-state index is 0.0822. The van der Waals surface area contributed by atoms with Crippen molar-refractivity contribution in [1.82, 2.24) is 0 Å². The number of amides is 2. The molecule has 136 valence electrons. The lowest BCUT2D eigenvalue weighted by molar-refractivity contribution is -0.119. The summed E-state index contributed by atoms with van der Waals surface area (Å²) in [5.41, 5.74) is 6.45. The number of amidine groups is 1. The van der Waals surface area contributed by atoms with Crippen LogP contribution < -0.4 is 10.6 Å². The SMILES string of the molecule is N/C(=N\OC(=O)c1cccc(N2C(=O)C=CC2=O)c1)c1ccc(Cl)cc1Cl. The smallest absolute Gasteiger partial charge is 0.365 e. The maximum Gasteiger partial charge on any atom is 0.365 e. The van der Waals surface area contributed by atoms with Crippen LogP contribution in [0.2, 0.25) is 10.0 Å². The first kappa shape index (κ1) is 18.6. The normalized spacial score (nSPS) is 14.0. The molecule has 1 aliphatic heterocycles. The summed E-state index contributed by atoms with van der Waals surface area (Å²) in [5.74, 6) is -1.93. The van der Waals surface area contributed by atoms with Gasteiger partial charge in [0, 0.05) is 22.7 Å². The summed E-state index contributed by atoms with van der Waals surface area (Å²) < 4.78 is 0. The number of carbonyl (C=O) groups is 3. The van der Waals surface area contributed by atoms with Crippen LogP contribution in [0.3, 0.4) is 0 Å². The Hall–Kier alpha value is -3.16. The van der Waals surface area contributed by atoms with Gasteiger partial charge in [0.2, 0.25) is 0 Å². The molecule has 2 N–H and O–H groups in total. The fourth-order valence-electron chi connectivity index (χ4n) is 2.32. The molecule has 0 aromatic heterocycles. The third-order valence-corrected chi connectivity index (χ3v) is 4.13. The molecule has 2 amide bonds. The Bertz CT molecular complexity index is 999. The predicted octanol–water partition coefficient (Wildman–Crippen LogP) is 2.90. The number of halogens is 2. The van der Waals surface area contributed by atoms with E-state index in [9.17, 15) is 14.4 Å². The van der Waals surface area contributed by atoms with Gasteiger partial charge in [-0.15, -0.1) is 0 Å².